The number of aryl methyl sites for hydroxylation is 2. The molecule has 1 atom stereocenters. The zero-order valence-electron chi connectivity index (χ0n) is 22.7. The highest BCUT2D eigenvalue weighted by atomic mass is 16.6. The molecule has 0 N–H and O–H groups in total. The number of rotatable bonds is 5. The molecule has 9 heteroatoms. The third-order valence-corrected chi connectivity index (χ3v) is 7.92. The van der Waals surface area contributed by atoms with Gasteiger partial charge in [-0.15, -0.1) is 5.10 Å². The molecular weight excluding hydrogens is 502 g/mol. The van der Waals surface area contributed by atoms with Gasteiger partial charge in [0.25, 0.3) is 0 Å². The molecule has 1 unspecified atom stereocenters. The molecule has 202 valence electrons. The van der Waals surface area contributed by atoms with E-state index >= 15 is 0 Å². The van der Waals surface area contributed by atoms with Crippen LogP contribution in [0.5, 0.6) is 11.5 Å². The van der Waals surface area contributed by atoms with E-state index in [9.17, 15) is 0 Å². The Labute approximate surface area is 233 Å². The van der Waals surface area contributed by atoms with Crippen molar-refractivity contribution in [2.45, 2.75) is 19.9 Å². The SMILES string of the molecule is Cc1cccc(C)c1N1CCN(C(c2ccnc3ccccc23)c2nnnn2-c2ccc3c(c2)OCCO3)CC1. The van der Waals surface area contributed by atoms with Crippen molar-refractivity contribution in [1.29, 1.82) is 0 Å². The summed E-state index contributed by atoms with van der Waals surface area (Å²) >= 11 is 0. The van der Waals surface area contributed by atoms with Gasteiger partial charge in [0.2, 0.25) is 0 Å². The lowest BCUT2D eigenvalue weighted by atomic mass is 9.98. The molecule has 0 saturated carbocycles. The predicted molar refractivity (Wildman–Crippen MR) is 153 cm³/mol. The van der Waals surface area contributed by atoms with Gasteiger partial charge in [0.05, 0.1) is 17.2 Å². The monoisotopic (exact) mass is 533 g/mol. The van der Waals surface area contributed by atoms with E-state index in [0.717, 1.165) is 59.9 Å². The first-order valence-corrected chi connectivity index (χ1v) is 13.7. The van der Waals surface area contributed by atoms with E-state index in [4.69, 9.17) is 9.47 Å². The van der Waals surface area contributed by atoms with Crippen LogP contribution in [0.1, 0.15) is 28.6 Å². The van der Waals surface area contributed by atoms with Crippen molar-refractivity contribution in [2.24, 2.45) is 0 Å². The molecule has 0 amide bonds. The van der Waals surface area contributed by atoms with Crippen molar-refractivity contribution in [3.63, 3.8) is 0 Å². The molecule has 0 aliphatic carbocycles. The lowest BCUT2D eigenvalue weighted by molar-refractivity contribution is 0.171. The Morgan fingerprint density at radius 2 is 1.57 bits per heavy atom. The third kappa shape index (κ3) is 4.32. The average molecular weight is 534 g/mol. The lowest BCUT2D eigenvalue weighted by Crippen LogP contribution is -2.48. The van der Waals surface area contributed by atoms with Crippen molar-refractivity contribution < 1.29 is 9.47 Å². The predicted octanol–water partition coefficient (Wildman–Crippen LogP) is 4.51. The Hall–Kier alpha value is -4.50. The molecule has 40 heavy (non-hydrogen) atoms. The lowest BCUT2D eigenvalue weighted by Gasteiger charge is -2.41. The summed E-state index contributed by atoms with van der Waals surface area (Å²) in [6, 6.07) is 22.6. The van der Waals surface area contributed by atoms with Gasteiger partial charge in [-0.3, -0.25) is 9.88 Å². The summed E-state index contributed by atoms with van der Waals surface area (Å²) in [5.41, 5.74) is 6.90. The van der Waals surface area contributed by atoms with Crippen LogP contribution in [-0.4, -0.2) is 69.5 Å². The fraction of sp³-hybridized carbons (Fsp3) is 0.290. The molecule has 5 aromatic rings. The van der Waals surface area contributed by atoms with Gasteiger partial charge in [0.1, 0.15) is 13.2 Å². The van der Waals surface area contributed by atoms with E-state index in [-0.39, 0.29) is 6.04 Å². The fourth-order valence-corrected chi connectivity index (χ4v) is 6.08. The van der Waals surface area contributed by atoms with Crippen LogP contribution >= 0.6 is 0 Å². The number of hydrogen-bond donors (Lipinski definition) is 0. The van der Waals surface area contributed by atoms with Gasteiger partial charge < -0.3 is 14.4 Å². The smallest absolute Gasteiger partial charge is 0.178 e. The van der Waals surface area contributed by atoms with Crippen molar-refractivity contribution in [1.82, 2.24) is 30.1 Å². The molecule has 0 radical (unpaired) electrons. The Morgan fingerprint density at radius 1 is 0.800 bits per heavy atom. The van der Waals surface area contributed by atoms with Crippen molar-refractivity contribution >= 4 is 16.6 Å². The molecule has 3 aromatic carbocycles. The van der Waals surface area contributed by atoms with Crippen LogP contribution in [0.2, 0.25) is 0 Å². The summed E-state index contributed by atoms with van der Waals surface area (Å²) in [5, 5.41) is 14.3. The van der Waals surface area contributed by atoms with Crippen LogP contribution in [0, 0.1) is 13.8 Å². The number of para-hydroxylation sites is 2. The second-order valence-corrected chi connectivity index (χ2v) is 10.4. The zero-order valence-corrected chi connectivity index (χ0v) is 22.7. The van der Waals surface area contributed by atoms with Crippen LogP contribution in [0.3, 0.4) is 0 Å². The molecule has 9 nitrogen and oxygen atoms in total. The number of pyridine rings is 1. The number of piperazine rings is 1. The van der Waals surface area contributed by atoms with Gasteiger partial charge in [-0.1, -0.05) is 36.4 Å². The summed E-state index contributed by atoms with van der Waals surface area (Å²) in [7, 11) is 0. The zero-order chi connectivity index (χ0) is 27.1. The van der Waals surface area contributed by atoms with Gasteiger partial charge >= 0.3 is 0 Å². The molecule has 2 aliphatic heterocycles. The van der Waals surface area contributed by atoms with Crippen LogP contribution in [0.15, 0.2) is 72.9 Å². The molecule has 4 heterocycles. The highest BCUT2D eigenvalue weighted by molar-refractivity contribution is 5.82. The van der Waals surface area contributed by atoms with Gasteiger partial charge in [-0.05, 0) is 65.2 Å². The van der Waals surface area contributed by atoms with Crippen LogP contribution in [-0.2, 0) is 0 Å². The molecule has 2 aliphatic rings. The standard InChI is InChI=1S/C31H31N7O2/c1-21-6-5-7-22(2)29(21)36-14-16-37(17-15-36)30(25-12-13-32-26-9-4-3-8-24(25)26)31-33-34-35-38(31)23-10-11-27-28(20-23)40-19-18-39-27/h3-13,20,30H,14-19H2,1-2H3. The highest BCUT2D eigenvalue weighted by Gasteiger charge is 2.33. The second kappa shape index (κ2) is 10.2. The first kappa shape index (κ1) is 24.5. The Balaban J connectivity index is 1.29. The molecule has 1 fully saturated rings. The topological polar surface area (TPSA) is 81.4 Å². The maximum Gasteiger partial charge on any atom is 0.178 e. The maximum absolute atomic E-state index is 5.86. The van der Waals surface area contributed by atoms with E-state index in [1.807, 2.05) is 35.1 Å². The summed E-state index contributed by atoms with van der Waals surface area (Å²) in [6.45, 7) is 9.02. The summed E-state index contributed by atoms with van der Waals surface area (Å²) in [5.74, 6) is 2.20. The first-order valence-electron chi connectivity index (χ1n) is 13.7. The summed E-state index contributed by atoms with van der Waals surface area (Å²) in [6.07, 6.45) is 1.88. The molecule has 2 aromatic heterocycles. The van der Waals surface area contributed by atoms with Crippen molar-refractivity contribution in [2.75, 3.05) is 44.3 Å². The van der Waals surface area contributed by atoms with E-state index in [0.29, 0.717) is 19.0 Å². The van der Waals surface area contributed by atoms with Crippen LogP contribution in [0.4, 0.5) is 5.69 Å². The van der Waals surface area contributed by atoms with Gasteiger partial charge in [0, 0.05) is 49.5 Å². The number of fused-ring (bicyclic) bond motifs is 2. The highest BCUT2D eigenvalue weighted by Crippen LogP contribution is 2.36. The summed E-state index contributed by atoms with van der Waals surface area (Å²) < 4.78 is 13.4. The third-order valence-electron chi connectivity index (χ3n) is 7.92. The van der Waals surface area contributed by atoms with Crippen molar-refractivity contribution in [3.05, 3.63) is 95.4 Å². The quantitative estimate of drug-likeness (QED) is 0.327. The number of benzene rings is 3. The molecule has 1 saturated heterocycles. The Bertz CT molecular complexity index is 1650. The Kier molecular flexibility index (Phi) is 6.28. The number of hydrogen-bond acceptors (Lipinski definition) is 8. The number of ether oxygens (including phenoxy) is 2. The van der Waals surface area contributed by atoms with E-state index in [2.05, 4.69) is 86.6 Å². The van der Waals surface area contributed by atoms with E-state index in [1.165, 1.54) is 16.8 Å². The largest absolute Gasteiger partial charge is 0.486 e. The molecule has 0 spiro atoms. The summed E-state index contributed by atoms with van der Waals surface area (Å²) in [4.78, 5) is 9.63. The minimum Gasteiger partial charge on any atom is -0.486 e. The van der Waals surface area contributed by atoms with Crippen molar-refractivity contribution in [3.8, 4) is 17.2 Å². The number of nitrogens with zero attached hydrogens (tertiary/aromatic N) is 7. The van der Waals surface area contributed by atoms with Gasteiger partial charge in [-0.25, -0.2) is 0 Å². The minimum absolute atomic E-state index is 0.170. The number of tetrazole rings is 1. The Morgan fingerprint density at radius 3 is 2.40 bits per heavy atom. The number of anilines is 1. The van der Waals surface area contributed by atoms with Gasteiger partial charge in [-0.2, -0.15) is 4.68 Å². The normalized spacial score (nSPS) is 16.3. The maximum atomic E-state index is 5.86. The average Bonchev–Trinajstić information content (AvgIpc) is 3.47. The van der Waals surface area contributed by atoms with Crippen LogP contribution in [0.25, 0.3) is 16.6 Å². The first-order chi connectivity index (χ1) is 19.7. The fourth-order valence-electron chi connectivity index (χ4n) is 6.08. The van der Waals surface area contributed by atoms with Gasteiger partial charge in [0.15, 0.2) is 17.3 Å². The second-order valence-electron chi connectivity index (χ2n) is 10.4. The minimum atomic E-state index is -0.170. The van der Waals surface area contributed by atoms with E-state index in [1.54, 1.807) is 0 Å². The molecule has 0 bridgehead atoms. The molecular formula is C31H31N7O2. The van der Waals surface area contributed by atoms with Crippen LogP contribution < -0.4 is 14.4 Å². The van der Waals surface area contributed by atoms with E-state index < -0.39 is 0 Å². The number of aromatic nitrogens is 5. The molecule has 7 rings (SSSR count).